The SMILES string of the molecule is C[C@H](NS(=O)(=O)c1ccccc1)C(=O)NNC(=O)c1csc(N2CCOCC2)n1. The Kier molecular flexibility index (Phi) is 6.79. The molecule has 2 heterocycles. The fraction of sp³-hybridized carbons (Fsp3) is 0.353. The molecule has 3 rings (SSSR count). The van der Waals surface area contributed by atoms with Crippen LogP contribution in [-0.2, 0) is 19.6 Å². The van der Waals surface area contributed by atoms with Gasteiger partial charge in [-0.1, -0.05) is 18.2 Å². The predicted octanol–water partition coefficient (Wildman–Crippen LogP) is 0.108. The molecule has 0 unspecified atom stereocenters. The second kappa shape index (κ2) is 9.31. The third-order valence-electron chi connectivity index (χ3n) is 4.08. The number of ether oxygens (including phenoxy) is 1. The Labute approximate surface area is 172 Å². The van der Waals surface area contributed by atoms with E-state index in [4.69, 9.17) is 4.74 Å². The van der Waals surface area contributed by atoms with E-state index in [0.29, 0.717) is 31.4 Å². The standard InChI is InChI=1S/C17H21N5O5S2/c1-12(21-29(25,26)13-5-3-2-4-6-13)15(23)19-20-16(24)14-11-28-17(18-14)22-7-9-27-10-8-22/h2-6,11-12,21H,7-10H2,1H3,(H,19,23)(H,20,24)/t12-/m0/s1. The maximum atomic E-state index is 12.3. The Morgan fingerprint density at radius 3 is 2.55 bits per heavy atom. The normalized spacial score (nSPS) is 15.6. The van der Waals surface area contributed by atoms with E-state index in [1.165, 1.54) is 30.4 Å². The second-order valence-electron chi connectivity index (χ2n) is 6.21. The van der Waals surface area contributed by atoms with Gasteiger partial charge in [0, 0.05) is 18.5 Å². The summed E-state index contributed by atoms with van der Waals surface area (Å²) in [5, 5.41) is 2.29. The van der Waals surface area contributed by atoms with Gasteiger partial charge in [-0.2, -0.15) is 4.72 Å². The molecule has 0 radical (unpaired) electrons. The molecule has 2 aromatic rings. The van der Waals surface area contributed by atoms with Gasteiger partial charge < -0.3 is 9.64 Å². The summed E-state index contributed by atoms with van der Waals surface area (Å²) in [6.07, 6.45) is 0. The Balaban J connectivity index is 1.52. The maximum Gasteiger partial charge on any atom is 0.289 e. The zero-order valence-corrected chi connectivity index (χ0v) is 17.3. The third kappa shape index (κ3) is 5.50. The highest BCUT2D eigenvalue weighted by atomic mass is 32.2. The molecule has 1 saturated heterocycles. The molecule has 0 saturated carbocycles. The second-order valence-corrected chi connectivity index (χ2v) is 8.76. The van der Waals surface area contributed by atoms with Crippen LogP contribution in [-0.4, -0.2) is 57.6 Å². The van der Waals surface area contributed by atoms with E-state index in [0.717, 1.165) is 0 Å². The predicted molar refractivity (Wildman–Crippen MR) is 107 cm³/mol. The summed E-state index contributed by atoms with van der Waals surface area (Å²) in [7, 11) is -3.85. The van der Waals surface area contributed by atoms with Crippen molar-refractivity contribution in [3.8, 4) is 0 Å². The first-order valence-electron chi connectivity index (χ1n) is 8.82. The van der Waals surface area contributed by atoms with Crippen molar-refractivity contribution < 1.29 is 22.7 Å². The Hall–Kier alpha value is -2.54. The first-order valence-corrected chi connectivity index (χ1v) is 11.2. The first-order chi connectivity index (χ1) is 13.9. The molecule has 1 aromatic heterocycles. The molecule has 0 aliphatic carbocycles. The fourth-order valence-corrected chi connectivity index (χ4v) is 4.60. The largest absolute Gasteiger partial charge is 0.378 e. The molecule has 10 nitrogen and oxygen atoms in total. The number of thiazole rings is 1. The molecule has 0 bridgehead atoms. The van der Waals surface area contributed by atoms with Crippen LogP contribution < -0.4 is 20.5 Å². The van der Waals surface area contributed by atoms with Crippen LogP contribution in [0.5, 0.6) is 0 Å². The van der Waals surface area contributed by atoms with E-state index in [2.05, 4.69) is 20.6 Å². The van der Waals surface area contributed by atoms with Crippen LogP contribution in [0.3, 0.4) is 0 Å². The highest BCUT2D eigenvalue weighted by Gasteiger charge is 2.23. The van der Waals surface area contributed by atoms with E-state index < -0.39 is 27.9 Å². The van der Waals surface area contributed by atoms with Crippen LogP contribution in [0.25, 0.3) is 0 Å². The first kappa shape index (κ1) is 21.2. The van der Waals surface area contributed by atoms with E-state index in [1.54, 1.807) is 23.6 Å². The van der Waals surface area contributed by atoms with Crippen molar-refractivity contribution in [3.05, 3.63) is 41.4 Å². The number of hydrazine groups is 1. The number of benzene rings is 1. The number of hydrogen-bond donors (Lipinski definition) is 3. The van der Waals surface area contributed by atoms with Gasteiger partial charge in [0.1, 0.15) is 5.69 Å². The lowest BCUT2D eigenvalue weighted by molar-refractivity contribution is -0.123. The molecule has 1 atom stereocenters. The van der Waals surface area contributed by atoms with Crippen molar-refractivity contribution in [2.45, 2.75) is 17.9 Å². The molecule has 3 N–H and O–H groups in total. The molecule has 1 aliphatic rings. The van der Waals surface area contributed by atoms with Crippen LogP contribution in [0.2, 0.25) is 0 Å². The van der Waals surface area contributed by atoms with E-state index in [9.17, 15) is 18.0 Å². The summed E-state index contributed by atoms with van der Waals surface area (Å²) in [6.45, 7) is 3.98. The summed E-state index contributed by atoms with van der Waals surface area (Å²) in [4.78, 5) is 30.7. The number of carbonyl (C=O) groups is 2. The zero-order valence-electron chi connectivity index (χ0n) is 15.6. The fourth-order valence-electron chi connectivity index (χ4n) is 2.51. The molecule has 0 spiro atoms. The minimum absolute atomic E-state index is 0.0433. The van der Waals surface area contributed by atoms with Crippen LogP contribution in [0.15, 0.2) is 40.6 Å². The maximum absolute atomic E-state index is 12.3. The smallest absolute Gasteiger partial charge is 0.289 e. The van der Waals surface area contributed by atoms with Gasteiger partial charge in [-0.05, 0) is 19.1 Å². The highest BCUT2D eigenvalue weighted by molar-refractivity contribution is 7.89. The van der Waals surface area contributed by atoms with Gasteiger partial charge >= 0.3 is 0 Å². The van der Waals surface area contributed by atoms with Gasteiger partial charge in [0.25, 0.3) is 11.8 Å². The topological polar surface area (TPSA) is 130 Å². The van der Waals surface area contributed by atoms with Gasteiger partial charge in [-0.3, -0.25) is 20.4 Å². The number of nitrogens with one attached hydrogen (secondary N) is 3. The lowest BCUT2D eigenvalue weighted by atomic mass is 10.3. The summed E-state index contributed by atoms with van der Waals surface area (Å²) in [5.74, 6) is -1.30. The number of hydrogen-bond acceptors (Lipinski definition) is 8. The van der Waals surface area contributed by atoms with Gasteiger partial charge in [0.15, 0.2) is 5.13 Å². The lowest BCUT2D eigenvalue weighted by Crippen LogP contribution is -2.51. The minimum Gasteiger partial charge on any atom is -0.378 e. The average Bonchev–Trinajstić information content (AvgIpc) is 3.23. The summed E-state index contributed by atoms with van der Waals surface area (Å²) in [5.41, 5.74) is 4.62. The highest BCUT2D eigenvalue weighted by Crippen LogP contribution is 2.21. The van der Waals surface area contributed by atoms with Crippen molar-refractivity contribution in [2.75, 3.05) is 31.2 Å². The van der Waals surface area contributed by atoms with E-state index in [1.807, 2.05) is 4.90 Å². The number of anilines is 1. The number of carbonyl (C=O) groups excluding carboxylic acids is 2. The molecule has 1 aromatic carbocycles. The number of nitrogens with zero attached hydrogens (tertiary/aromatic N) is 2. The molecule has 12 heteroatoms. The summed E-state index contributed by atoms with van der Waals surface area (Å²) < 4.78 is 32.1. The Morgan fingerprint density at radius 1 is 1.17 bits per heavy atom. The Bertz CT molecular complexity index is 958. The van der Waals surface area contributed by atoms with Crippen molar-refractivity contribution in [2.24, 2.45) is 0 Å². The van der Waals surface area contributed by atoms with Crippen molar-refractivity contribution in [1.29, 1.82) is 0 Å². The lowest BCUT2D eigenvalue weighted by Gasteiger charge is -2.25. The molecule has 1 aliphatic heterocycles. The Morgan fingerprint density at radius 2 is 1.86 bits per heavy atom. The quantitative estimate of drug-likeness (QED) is 0.545. The van der Waals surface area contributed by atoms with Gasteiger partial charge in [-0.15, -0.1) is 11.3 Å². The van der Waals surface area contributed by atoms with Crippen molar-refractivity contribution in [1.82, 2.24) is 20.6 Å². The number of rotatable bonds is 6. The van der Waals surface area contributed by atoms with E-state index >= 15 is 0 Å². The van der Waals surface area contributed by atoms with Crippen molar-refractivity contribution >= 4 is 38.3 Å². The average molecular weight is 440 g/mol. The van der Waals surface area contributed by atoms with Crippen LogP contribution in [0.4, 0.5) is 5.13 Å². The summed E-state index contributed by atoms with van der Waals surface area (Å²) in [6, 6.07) is 6.59. The molecule has 2 amide bonds. The van der Waals surface area contributed by atoms with Crippen molar-refractivity contribution in [3.63, 3.8) is 0 Å². The third-order valence-corrected chi connectivity index (χ3v) is 6.54. The van der Waals surface area contributed by atoms with E-state index in [-0.39, 0.29) is 10.6 Å². The molecule has 156 valence electrons. The zero-order chi connectivity index (χ0) is 20.9. The number of amides is 2. The molecule has 29 heavy (non-hydrogen) atoms. The van der Waals surface area contributed by atoms with Gasteiger partial charge in [0.2, 0.25) is 10.0 Å². The van der Waals surface area contributed by atoms with Gasteiger partial charge in [-0.25, -0.2) is 13.4 Å². The summed E-state index contributed by atoms with van der Waals surface area (Å²) >= 11 is 1.32. The number of aromatic nitrogens is 1. The number of morpholine rings is 1. The molecular formula is C17H21N5O5S2. The monoisotopic (exact) mass is 439 g/mol. The van der Waals surface area contributed by atoms with Gasteiger partial charge in [0.05, 0.1) is 24.2 Å². The minimum atomic E-state index is -3.85. The van der Waals surface area contributed by atoms with Crippen LogP contribution in [0, 0.1) is 0 Å². The number of sulfonamides is 1. The van der Waals surface area contributed by atoms with Crippen LogP contribution in [0.1, 0.15) is 17.4 Å². The van der Waals surface area contributed by atoms with Crippen LogP contribution >= 0.6 is 11.3 Å². The molecular weight excluding hydrogens is 418 g/mol. The molecule has 1 fully saturated rings.